The quantitative estimate of drug-likeness (QED) is 0.544. The van der Waals surface area contributed by atoms with E-state index in [9.17, 15) is 14.0 Å². The van der Waals surface area contributed by atoms with Crippen LogP contribution in [0.5, 0.6) is 0 Å². The summed E-state index contributed by atoms with van der Waals surface area (Å²) in [5.74, 6) is -0.916. The van der Waals surface area contributed by atoms with E-state index in [2.05, 4.69) is 10.3 Å². The molecule has 2 aromatic heterocycles. The Morgan fingerprint density at radius 1 is 1.17 bits per heavy atom. The molecule has 4 aromatic rings. The third-order valence-electron chi connectivity index (χ3n) is 4.28. The van der Waals surface area contributed by atoms with E-state index < -0.39 is 11.5 Å². The molecule has 146 valence electrons. The van der Waals surface area contributed by atoms with E-state index in [1.807, 2.05) is 25.1 Å². The van der Waals surface area contributed by atoms with Gasteiger partial charge in [0.05, 0.1) is 10.2 Å². The van der Waals surface area contributed by atoms with Crippen molar-refractivity contribution < 1.29 is 14.0 Å². The molecule has 0 saturated carbocycles. The molecular formula is C21H16FN3O3S. The number of amides is 1. The summed E-state index contributed by atoms with van der Waals surface area (Å²) in [5.41, 5.74) is 1.86. The molecule has 0 atom stereocenters. The summed E-state index contributed by atoms with van der Waals surface area (Å²) in [6, 6.07) is 14.5. The van der Waals surface area contributed by atoms with Crippen LogP contribution in [0.2, 0.25) is 0 Å². The topological polar surface area (TPSA) is 73.2 Å². The molecule has 29 heavy (non-hydrogen) atoms. The van der Waals surface area contributed by atoms with Crippen molar-refractivity contribution in [3.63, 3.8) is 0 Å². The van der Waals surface area contributed by atoms with Gasteiger partial charge in [0.25, 0.3) is 11.5 Å². The van der Waals surface area contributed by atoms with Crippen molar-refractivity contribution in [3.8, 4) is 0 Å². The van der Waals surface area contributed by atoms with E-state index in [0.29, 0.717) is 10.7 Å². The maximum atomic E-state index is 13.0. The Bertz CT molecular complexity index is 1250. The second-order valence-corrected chi connectivity index (χ2v) is 7.38. The minimum atomic E-state index is -0.593. The van der Waals surface area contributed by atoms with Crippen molar-refractivity contribution in [1.29, 1.82) is 0 Å². The lowest BCUT2D eigenvalue weighted by molar-refractivity contribution is 0.0863. The molecule has 0 bridgehead atoms. The first kappa shape index (κ1) is 18.8. The van der Waals surface area contributed by atoms with Crippen molar-refractivity contribution >= 4 is 32.6 Å². The van der Waals surface area contributed by atoms with Crippen LogP contribution in [0.15, 0.2) is 65.6 Å². The Kier molecular flexibility index (Phi) is 5.09. The molecule has 0 aliphatic heterocycles. The second kappa shape index (κ2) is 7.84. The van der Waals surface area contributed by atoms with Crippen LogP contribution in [-0.2, 0) is 6.61 Å². The van der Waals surface area contributed by atoms with Gasteiger partial charge in [-0.25, -0.2) is 9.37 Å². The number of aryl methyl sites for hydroxylation is 1. The van der Waals surface area contributed by atoms with Gasteiger partial charge < -0.3 is 4.84 Å². The van der Waals surface area contributed by atoms with Crippen LogP contribution in [0, 0.1) is 12.7 Å². The lowest BCUT2D eigenvalue weighted by atomic mass is 10.2. The number of rotatable bonds is 5. The molecule has 0 fully saturated rings. The Labute approximate surface area is 169 Å². The Morgan fingerprint density at radius 2 is 1.97 bits per heavy atom. The fourth-order valence-corrected chi connectivity index (χ4v) is 3.72. The number of halogens is 1. The van der Waals surface area contributed by atoms with E-state index >= 15 is 0 Å². The van der Waals surface area contributed by atoms with Gasteiger partial charge in [0.1, 0.15) is 18.0 Å². The number of nitrogens with one attached hydrogen (secondary N) is 1. The van der Waals surface area contributed by atoms with Crippen LogP contribution in [0.4, 0.5) is 9.52 Å². The third-order valence-corrected chi connectivity index (χ3v) is 5.22. The summed E-state index contributed by atoms with van der Waals surface area (Å²) in [5, 5.41) is 3.10. The maximum absolute atomic E-state index is 13.0. The van der Waals surface area contributed by atoms with Crippen molar-refractivity contribution in [3.05, 3.63) is 93.7 Å². The molecule has 8 heteroatoms. The van der Waals surface area contributed by atoms with E-state index in [1.165, 1.54) is 35.7 Å². The van der Waals surface area contributed by atoms with E-state index in [-0.39, 0.29) is 18.0 Å². The fraction of sp³-hybridized carbons (Fsp3) is 0.0952. The smallest absolute Gasteiger partial charge is 0.295 e. The number of benzene rings is 2. The molecule has 2 aromatic carbocycles. The van der Waals surface area contributed by atoms with Gasteiger partial charge in [0, 0.05) is 6.20 Å². The van der Waals surface area contributed by atoms with Gasteiger partial charge in [0.15, 0.2) is 5.13 Å². The Hall–Kier alpha value is -3.52. The summed E-state index contributed by atoms with van der Waals surface area (Å²) >= 11 is 1.34. The molecule has 0 unspecified atom stereocenters. The Morgan fingerprint density at radius 3 is 2.72 bits per heavy atom. The van der Waals surface area contributed by atoms with Crippen molar-refractivity contribution in [1.82, 2.24) is 9.71 Å². The summed E-state index contributed by atoms with van der Waals surface area (Å²) in [7, 11) is 0. The van der Waals surface area contributed by atoms with Gasteiger partial charge in [0.2, 0.25) is 0 Å². The zero-order chi connectivity index (χ0) is 20.4. The summed E-state index contributed by atoms with van der Waals surface area (Å²) < 4.78 is 14.9. The molecule has 1 N–H and O–H groups in total. The fourth-order valence-electron chi connectivity index (χ4n) is 2.78. The molecule has 0 aliphatic carbocycles. The minimum Gasteiger partial charge on any atom is -0.406 e. The number of carbonyl (C=O) groups is 1. The van der Waals surface area contributed by atoms with Crippen LogP contribution >= 0.6 is 11.3 Å². The lowest BCUT2D eigenvalue weighted by Gasteiger charge is -2.09. The van der Waals surface area contributed by atoms with Crippen molar-refractivity contribution in [2.75, 3.05) is 5.32 Å². The van der Waals surface area contributed by atoms with Crippen LogP contribution in [0.3, 0.4) is 0 Å². The first-order chi connectivity index (χ1) is 14.0. The monoisotopic (exact) mass is 409 g/mol. The molecule has 1 amide bonds. The molecule has 0 spiro atoms. The maximum Gasteiger partial charge on any atom is 0.295 e. The van der Waals surface area contributed by atoms with Gasteiger partial charge in [-0.2, -0.15) is 4.73 Å². The number of pyridine rings is 1. The molecule has 0 saturated heterocycles. The number of anilines is 1. The molecule has 0 radical (unpaired) electrons. The first-order valence-electron chi connectivity index (χ1n) is 8.78. The number of nitrogens with zero attached hydrogens (tertiary/aromatic N) is 2. The summed E-state index contributed by atoms with van der Waals surface area (Å²) in [6.45, 7) is 2.00. The SMILES string of the molecule is Cc1cccc2sc(NC(=O)c3cccn(OCc4ccc(F)cc4)c3=O)nc12. The largest absolute Gasteiger partial charge is 0.406 e. The van der Waals surface area contributed by atoms with Crippen LogP contribution < -0.4 is 15.7 Å². The highest BCUT2D eigenvalue weighted by atomic mass is 32.1. The van der Waals surface area contributed by atoms with Gasteiger partial charge in [-0.3, -0.25) is 14.9 Å². The number of aromatic nitrogens is 2. The average molecular weight is 409 g/mol. The third kappa shape index (κ3) is 4.02. The second-order valence-electron chi connectivity index (χ2n) is 6.35. The van der Waals surface area contributed by atoms with Gasteiger partial charge in [-0.15, -0.1) is 0 Å². The molecule has 0 aliphatic rings. The minimum absolute atomic E-state index is 0.0579. The highest BCUT2D eigenvalue weighted by Gasteiger charge is 2.15. The lowest BCUT2D eigenvalue weighted by Crippen LogP contribution is -2.32. The highest BCUT2D eigenvalue weighted by molar-refractivity contribution is 7.22. The first-order valence-corrected chi connectivity index (χ1v) is 9.60. The number of thiazole rings is 1. The van der Waals surface area contributed by atoms with Crippen LogP contribution in [0.25, 0.3) is 10.2 Å². The van der Waals surface area contributed by atoms with Gasteiger partial charge >= 0.3 is 0 Å². The van der Waals surface area contributed by atoms with Crippen LogP contribution in [0.1, 0.15) is 21.5 Å². The standard InChI is InChI=1S/C21H16FN3O3S/c1-13-4-2-6-17-18(13)23-21(29-17)24-19(26)16-5-3-11-25(20(16)27)28-12-14-7-9-15(22)10-8-14/h2-11H,12H2,1H3,(H,23,24,26). The van der Waals surface area contributed by atoms with E-state index in [0.717, 1.165) is 20.5 Å². The number of hydrogen-bond donors (Lipinski definition) is 1. The zero-order valence-electron chi connectivity index (χ0n) is 15.4. The van der Waals surface area contributed by atoms with Gasteiger partial charge in [-0.1, -0.05) is 35.6 Å². The molecule has 6 nitrogen and oxygen atoms in total. The van der Waals surface area contributed by atoms with E-state index in [1.54, 1.807) is 18.2 Å². The average Bonchev–Trinajstić information content (AvgIpc) is 3.12. The van der Waals surface area contributed by atoms with Crippen molar-refractivity contribution in [2.45, 2.75) is 13.5 Å². The molecular weight excluding hydrogens is 393 g/mol. The number of carbonyl (C=O) groups excluding carboxylic acids is 1. The summed E-state index contributed by atoms with van der Waals surface area (Å²) in [6.07, 6.45) is 1.42. The highest BCUT2D eigenvalue weighted by Crippen LogP contribution is 2.28. The van der Waals surface area contributed by atoms with Crippen molar-refractivity contribution in [2.24, 2.45) is 0 Å². The number of fused-ring (bicyclic) bond motifs is 1. The van der Waals surface area contributed by atoms with Crippen LogP contribution in [-0.4, -0.2) is 15.6 Å². The summed E-state index contributed by atoms with van der Waals surface area (Å²) in [4.78, 5) is 35.1. The predicted molar refractivity (Wildman–Crippen MR) is 110 cm³/mol. The van der Waals surface area contributed by atoms with Gasteiger partial charge in [-0.05, 0) is 48.4 Å². The Balaban J connectivity index is 1.52. The normalized spacial score (nSPS) is 10.8. The number of para-hydroxylation sites is 1. The zero-order valence-corrected chi connectivity index (χ0v) is 16.2. The molecule has 4 rings (SSSR count). The predicted octanol–water partition coefficient (Wildman–Crippen LogP) is 3.79. The molecule has 2 heterocycles. The number of hydrogen-bond acceptors (Lipinski definition) is 5. The van der Waals surface area contributed by atoms with E-state index in [4.69, 9.17) is 4.84 Å².